The second kappa shape index (κ2) is 8.06. The van der Waals surface area contributed by atoms with Crippen LogP contribution < -0.4 is 0 Å². The first-order valence-corrected chi connectivity index (χ1v) is 14.7. The van der Waals surface area contributed by atoms with Crippen molar-refractivity contribution in [3.63, 3.8) is 0 Å². The number of fused-ring (bicyclic) bond motifs is 1. The van der Waals surface area contributed by atoms with E-state index in [-0.39, 0.29) is 0 Å². The Morgan fingerprint density at radius 2 is 1.92 bits per heavy atom. The van der Waals surface area contributed by atoms with Crippen LogP contribution in [0.2, 0.25) is 24.7 Å². The lowest BCUT2D eigenvalue weighted by atomic mass is 10.1. The lowest BCUT2D eigenvalue weighted by molar-refractivity contribution is 1.31. The zero-order chi connectivity index (χ0) is 17.9. The molecule has 0 spiro atoms. The maximum Gasteiger partial charge on any atom is 0.127 e. The molecule has 0 aliphatic rings. The van der Waals surface area contributed by atoms with E-state index in [2.05, 4.69) is 66.9 Å². The van der Waals surface area contributed by atoms with E-state index in [9.17, 15) is 5.26 Å². The fourth-order valence-electron chi connectivity index (χ4n) is 1.77. The average Bonchev–Trinajstić information content (AvgIpc) is 2.90. The van der Waals surface area contributed by atoms with Crippen LogP contribution in [0.15, 0.2) is 35.1 Å². The molecule has 0 bridgehead atoms. The highest BCUT2D eigenvalue weighted by molar-refractivity contribution is 9.26. The number of nitrogens with zero attached hydrogens (tertiary/aromatic N) is 3. The van der Waals surface area contributed by atoms with E-state index in [1.165, 1.54) is 11.3 Å². The molecule has 124 valence electrons. The molecule has 0 fully saturated rings. The molecule has 3 nitrogen and oxygen atoms in total. The fourth-order valence-corrected chi connectivity index (χ4v) is 3.66. The van der Waals surface area contributed by atoms with E-state index >= 15 is 0 Å². The van der Waals surface area contributed by atoms with Crippen LogP contribution in [-0.4, -0.2) is 16.7 Å². The van der Waals surface area contributed by atoms with Gasteiger partial charge in [0.25, 0.3) is 0 Å². The van der Waals surface area contributed by atoms with Crippen molar-refractivity contribution >= 4 is 71.1 Å². The van der Waals surface area contributed by atoms with Crippen molar-refractivity contribution in [2.24, 2.45) is 0 Å². The van der Waals surface area contributed by atoms with Gasteiger partial charge in [0.2, 0.25) is 0 Å². The Bertz CT molecular complexity index is 910. The van der Waals surface area contributed by atoms with Crippen LogP contribution in [0, 0.1) is 11.3 Å². The number of nitriles is 1. The van der Waals surface area contributed by atoms with E-state index < -0.39 is 6.69 Å². The van der Waals surface area contributed by atoms with Gasteiger partial charge in [-0.2, -0.15) is 5.26 Å². The number of aromatic nitrogens is 2. The largest absolute Gasteiger partial charge is 0.248 e. The van der Waals surface area contributed by atoms with Crippen molar-refractivity contribution in [1.82, 2.24) is 9.97 Å². The summed E-state index contributed by atoms with van der Waals surface area (Å²) in [6.45, 7) is 5.93. The van der Waals surface area contributed by atoms with Crippen LogP contribution in [0.1, 0.15) is 5.56 Å². The second-order valence-electron chi connectivity index (χ2n) is 5.81. The predicted octanol–water partition coefficient (Wildman–Crippen LogP) is 6.86. The molecule has 24 heavy (non-hydrogen) atoms. The first-order valence-electron chi connectivity index (χ1n) is 6.99. The Balaban J connectivity index is 0.000000368. The molecule has 0 atom stereocenters. The lowest BCUT2D eigenvalue weighted by Crippen LogP contribution is -2.05. The summed E-state index contributed by atoms with van der Waals surface area (Å²) in [4.78, 5) is 8.69. The molecule has 0 radical (unpaired) electrons. The first-order chi connectivity index (χ1) is 11.2. The first kappa shape index (κ1) is 19.5. The van der Waals surface area contributed by atoms with Crippen LogP contribution in [0.5, 0.6) is 0 Å². The van der Waals surface area contributed by atoms with Gasteiger partial charge < -0.3 is 0 Å². The molecule has 8 heteroatoms. The molecule has 0 aliphatic heterocycles. The van der Waals surface area contributed by atoms with Crippen molar-refractivity contribution in [3.05, 3.63) is 45.7 Å². The summed E-state index contributed by atoms with van der Waals surface area (Å²) in [6.07, 6.45) is 1.69. The minimum Gasteiger partial charge on any atom is -0.248 e. The molecule has 0 saturated carbocycles. The summed E-state index contributed by atoms with van der Waals surface area (Å²) >= 11 is 14.6. The standard InChI is InChI=1S/C13H5BrClN3S.C3H9BrSi/c14-12-11-9(4-5-17-12)18-13(19-11)10-7(6-16)2-1-3-8(10)15;1-5(2,3)4/h1-5H;1-3H3. The van der Waals surface area contributed by atoms with Crippen LogP contribution in [0.3, 0.4) is 0 Å². The highest BCUT2D eigenvalue weighted by Crippen LogP contribution is 2.38. The van der Waals surface area contributed by atoms with Crippen molar-refractivity contribution in [3.8, 4) is 16.6 Å². The fraction of sp³-hybridized carbons (Fsp3) is 0.188. The van der Waals surface area contributed by atoms with Gasteiger partial charge in [0.05, 0.1) is 26.9 Å². The van der Waals surface area contributed by atoms with Gasteiger partial charge in [-0.3, -0.25) is 0 Å². The summed E-state index contributed by atoms with van der Waals surface area (Å²) in [5.41, 5.74) is 2.04. The van der Waals surface area contributed by atoms with Crippen LogP contribution in [-0.2, 0) is 0 Å². The van der Waals surface area contributed by atoms with E-state index in [0.29, 0.717) is 16.1 Å². The molecule has 1 aromatic carbocycles. The normalized spacial score (nSPS) is 10.9. The molecule has 2 heterocycles. The van der Waals surface area contributed by atoms with E-state index in [1.807, 2.05) is 6.07 Å². The van der Waals surface area contributed by atoms with Gasteiger partial charge >= 0.3 is 0 Å². The Labute approximate surface area is 167 Å². The molecule has 0 amide bonds. The number of thiazole rings is 1. The molecule has 0 N–H and O–H groups in total. The maximum atomic E-state index is 9.18. The quantitative estimate of drug-likeness (QED) is 0.207. The molecular formula is C16H14Br2ClN3SSi. The van der Waals surface area contributed by atoms with Gasteiger partial charge in [-0.15, -0.1) is 26.6 Å². The third-order valence-electron chi connectivity index (χ3n) is 2.61. The summed E-state index contributed by atoms with van der Waals surface area (Å²) in [7, 11) is 0. The predicted molar refractivity (Wildman–Crippen MR) is 113 cm³/mol. The molecule has 0 aliphatic carbocycles. The lowest BCUT2D eigenvalue weighted by Gasteiger charge is -2.01. The topological polar surface area (TPSA) is 49.6 Å². The van der Waals surface area contributed by atoms with Gasteiger partial charge in [-0.05, 0) is 34.1 Å². The number of hydrogen-bond donors (Lipinski definition) is 0. The Morgan fingerprint density at radius 1 is 1.25 bits per heavy atom. The monoisotopic (exact) mass is 501 g/mol. The van der Waals surface area contributed by atoms with Gasteiger partial charge in [0.1, 0.15) is 16.3 Å². The number of benzene rings is 1. The molecule has 3 aromatic rings. The number of rotatable bonds is 1. The third-order valence-corrected chi connectivity index (χ3v) is 4.88. The smallest absolute Gasteiger partial charge is 0.127 e. The van der Waals surface area contributed by atoms with Gasteiger partial charge in [-0.1, -0.05) is 37.3 Å². The number of halogens is 3. The SMILES string of the molecule is C[Si](C)(C)Br.N#Cc1cccc(Cl)c1-c1nc2ccnc(Br)c2s1. The molecule has 3 rings (SSSR count). The summed E-state index contributed by atoms with van der Waals surface area (Å²) in [5, 5.41) is 10.4. The Kier molecular flexibility index (Phi) is 6.57. The van der Waals surface area contributed by atoms with E-state index in [0.717, 1.165) is 19.8 Å². The van der Waals surface area contributed by atoms with Crippen LogP contribution >= 0.6 is 54.2 Å². The second-order valence-corrected chi connectivity index (χ2v) is 19.2. The Morgan fingerprint density at radius 3 is 2.50 bits per heavy atom. The maximum absolute atomic E-state index is 9.18. The third kappa shape index (κ3) is 5.10. The highest BCUT2D eigenvalue weighted by atomic mass is 79.9. The molecule has 0 saturated heterocycles. The minimum absolute atomic E-state index is 0.524. The Hall–Kier alpha value is -0.783. The highest BCUT2D eigenvalue weighted by Gasteiger charge is 2.15. The molecule has 0 unspecified atom stereocenters. The summed E-state index contributed by atoms with van der Waals surface area (Å²) in [5.74, 6) is 0. The number of pyridine rings is 1. The summed E-state index contributed by atoms with van der Waals surface area (Å²) in [6, 6.07) is 9.24. The zero-order valence-corrected chi connectivity index (χ0v) is 19.0. The summed E-state index contributed by atoms with van der Waals surface area (Å²) < 4.78 is 1.70. The van der Waals surface area contributed by atoms with Crippen molar-refractivity contribution in [2.45, 2.75) is 19.6 Å². The van der Waals surface area contributed by atoms with Crippen molar-refractivity contribution < 1.29 is 0 Å². The average molecular weight is 504 g/mol. The van der Waals surface area contributed by atoms with Crippen molar-refractivity contribution in [2.75, 3.05) is 0 Å². The van der Waals surface area contributed by atoms with Gasteiger partial charge in [-0.25, -0.2) is 9.97 Å². The van der Waals surface area contributed by atoms with E-state index in [1.54, 1.807) is 24.4 Å². The van der Waals surface area contributed by atoms with Gasteiger partial charge in [0.15, 0.2) is 0 Å². The van der Waals surface area contributed by atoms with Crippen LogP contribution in [0.25, 0.3) is 20.8 Å². The van der Waals surface area contributed by atoms with Gasteiger partial charge in [0, 0.05) is 11.8 Å². The minimum atomic E-state index is -0.799. The molecular weight excluding hydrogens is 490 g/mol. The zero-order valence-electron chi connectivity index (χ0n) is 13.3. The van der Waals surface area contributed by atoms with Crippen LogP contribution in [0.4, 0.5) is 0 Å². The van der Waals surface area contributed by atoms with E-state index in [4.69, 9.17) is 11.6 Å². The van der Waals surface area contributed by atoms with Crippen molar-refractivity contribution in [1.29, 1.82) is 5.26 Å². The molecule has 2 aromatic heterocycles. The number of hydrogen-bond acceptors (Lipinski definition) is 4.